The Hall–Kier alpha value is -0.520. The molecule has 6 heteroatoms. The average molecular weight is 292 g/mol. The highest BCUT2D eigenvalue weighted by Gasteiger charge is 2.10. The van der Waals surface area contributed by atoms with Gasteiger partial charge in [-0.05, 0) is 18.2 Å². The van der Waals surface area contributed by atoms with Gasteiger partial charge in [-0.1, -0.05) is 18.5 Å². The van der Waals surface area contributed by atoms with E-state index in [0.29, 0.717) is 33.5 Å². The molecule has 1 atom stereocenters. The van der Waals surface area contributed by atoms with Gasteiger partial charge in [0.05, 0.1) is 10.6 Å². The first-order chi connectivity index (χ1) is 8.04. The molecule has 0 saturated heterocycles. The molecule has 0 aliphatic carbocycles. The molecular weight excluding hydrogens is 278 g/mol. The second-order valence-electron chi connectivity index (χ2n) is 3.35. The molecule has 0 saturated carbocycles. The molecule has 1 rings (SSSR count). The fraction of sp³-hybridized carbons (Fsp3) is 0.364. The molecule has 1 unspecified atom stereocenters. The zero-order valence-electron chi connectivity index (χ0n) is 9.40. The van der Waals surface area contributed by atoms with Gasteiger partial charge in [0.1, 0.15) is 0 Å². The minimum absolute atomic E-state index is 0.265. The van der Waals surface area contributed by atoms with Gasteiger partial charge in [-0.2, -0.15) is 0 Å². The molecule has 0 aliphatic heterocycles. The van der Waals surface area contributed by atoms with Gasteiger partial charge in [0.15, 0.2) is 0 Å². The zero-order valence-corrected chi connectivity index (χ0v) is 11.9. The number of carbonyl (C=O) groups excluding carboxylic acids is 1. The van der Waals surface area contributed by atoms with Crippen molar-refractivity contribution in [3.8, 4) is 0 Å². The van der Waals surface area contributed by atoms with Gasteiger partial charge in [0.25, 0.3) is 5.91 Å². The van der Waals surface area contributed by atoms with Gasteiger partial charge in [-0.15, -0.1) is 12.6 Å². The lowest BCUT2D eigenvalue weighted by atomic mass is 10.2. The third-order valence-corrected chi connectivity index (χ3v) is 4.04. The Labute approximate surface area is 114 Å². The first-order valence-corrected chi connectivity index (χ1v) is 7.47. The molecule has 0 bridgehead atoms. The van der Waals surface area contributed by atoms with Crippen LogP contribution in [0.4, 0.5) is 0 Å². The van der Waals surface area contributed by atoms with Crippen molar-refractivity contribution in [1.29, 1.82) is 0 Å². The summed E-state index contributed by atoms with van der Waals surface area (Å²) < 4.78 is 11.2. The topological polar surface area (TPSA) is 46.2 Å². The van der Waals surface area contributed by atoms with Crippen LogP contribution < -0.4 is 5.32 Å². The Kier molecular flexibility index (Phi) is 6.02. The smallest absolute Gasteiger partial charge is 0.252 e. The van der Waals surface area contributed by atoms with Crippen molar-refractivity contribution in [1.82, 2.24) is 5.32 Å². The number of hydrogen-bond donors (Lipinski definition) is 2. The first kappa shape index (κ1) is 14.5. The molecule has 1 aromatic carbocycles. The van der Waals surface area contributed by atoms with Crippen molar-refractivity contribution in [3.63, 3.8) is 0 Å². The summed E-state index contributed by atoms with van der Waals surface area (Å²) in [5.74, 6) is 0.794. The summed E-state index contributed by atoms with van der Waals surface area (Å²) in [7, 11) is -0.872. The molecule has 1 aromatic rings. The van der Waals surface area contributed by atoms with Gasteiger partial charge in [0.2, 0.25) is 0 Å². The van der Waals surface area contributed by atoms with E-state index in [0.717, 1.165) is 0 Å². The lowest BCUT2D eigenvalue weighted by molar-refractivity contribution is 0.0956. The molecule has 3 nitrogen and oxygen atoms in total. The summed E-state index contributed by atoms with van der Waals surface area (Å²) in [6.07, 6.45) is 0. The second-order valence-corrected chi connectivity index (χ2v) is 6.14. The SMILES string of the molecule is CCS(=O)CCNC(=O)c1cc(S)ccc1Cl. The molecule has 0 heterocycles. The van der Waals surface area contributed by atoms with Crippen molar-refractivity contribution in [2.45, 2.75) is 11.8 Å². The third-order valence-electron chi connectivity index (χ3n) is 2.13. The molecule has 1 amide bonds. The van der Waals surface area contributed by atoms with Gasteiger partial charge in [-0.25, -0.2) is 0 Å². The van der Waals surface area contributed by atoms with Crippen LogP contribution in [-0.2, 0) is 10.8 Å². The number of halogens is 1. The Bertz CT molecular complexity index is 437. The Balaban J connectivity index is 2.58. The van der Waals surface area contributed by atoms with Gasteiger partial charge < -0.3 is 5.32 Å². The highest BCUT2D eigenvalue weighted by Crippen LogP contribution is 2.19. The fourth-order valence-electron chi connectivity index (χ4n) is 1.21. The van der Waals surface area contributed by atoms with E-state index in [1.807, 2.05) is 6.92 Å². The molecule has 94 valence electrons. The predicted octanol–water partition coefficient (Wildman–Crippen LogP) is 2.13. The highest BCUT2D eigenvalue weighted by molar-refractivity contribution is 7.84. The number of nitrogens with one attached hydrogen (secondary N) is 1. The largest absolute Gasteiger partial charge is 0.351 e. The summed E-state index contributed by atoms with van der Waals surface area (Å²) in [4.78, 5) is 12.4. The monoisotopic (exact) mass is 291 g/mol. The van der Waals surface area contributed by atoms with Crippen molar-refractivity contribution < 1.29 is 9.00 Å². The molecule has 0 spiro atoms. The summed E-state index contributed by atoms with van der Waals surface area (Å²) >= 11 is 10.1. The zero-order chi connectivity index (χ0) is 12.8. The van der Waals surface area contributed by atoms with E-state index in [1.54, 1.807) is 18.2 Å². The normalized spacial score (nSPS) is 12.2. The van der Waals surface area contributed by atoms with Crippen LogP contribution in [0.25, 0.3) is 0 Å². The summed E-state index contributed by atoms with van der Waals surface area (Å²) in [5, 5.41) is 3.07. The van der Waals surface area contributed by atoms with E-state index >= 15 is 0 Å². The van der Waals surface area contributed by atoms with Crippen LogP contribution in [0.5, 0.6) is 0 Å². The maximum atomic E-state index is 11.8. The number of rotatable bonds is 5. The van der Waals surface area contributed by atoms with Crippen molar-refractivity contribution in [3.05, 3.63) is 28.8 Å². The van der Waals surface area contributed by atoms with E-state index in [9.17, 15) is 9.00 Å². The molecule has 0 aliphatic rings. The number of thiol groups is 1. The molecular formula is C11H14ClNO2S2. The van der Waals surface area contributed by atoms with Gasteiger partial charge >= 0.3 is 0 Å². The van der Waals surface area contributed by atoms with E-state index < -0.39 is 10.8 Å². The van der Waals surface area contributed by atoms with Crippen molar-refractivity contribution in [2.75, 3.05) is 18.1 Å². The maximum Gasteiger partial charge on any atom is 0.252 e. The predicted molar refractivity (Wildman–Crippen MR) is 74.6 cm³/mol. The van der Waals surface area contributed by atoms with Crippen LogP contribution in [0.3, 0.4) is 0 Å². The van der Waals surface area contributed by atoms with Crippen LogP contribution in [0.15, 0.2) is 23.1 Å². The van der Waals surface area contributed by atoms with Crippen LogP contribution in [0.2, 0.25) is 5.02 Å². The van der Waals surface area contributed by atoms with Crippen molar-refractivity contribution in [2.24, 2.45) is 0 Å². The second kappa shape index (κ2) is 7.03. The fourth-order valence-corrected chi connectivity index (χ4v) is 2.23. The molecule has 1 N–H and O–H groups in total. The van der Waals surface area contributed by atoms with E-state index in [-0.39, 0.29) is 5.91 Å². The third kappa shape index (κ3) is 4.69. The highest BCUT2D eigenvalue weighted by atomic mass is 35.5. The van der Waals surface area contributed by atoms with Crippen LogP contribution in [0, 0.1) is 0 Å². The molecule has 17 heavy (non-hydrogen) atoms. The molecule has 0 radical (unpaired) electrons. The van der Waals surface area contributed by atoms with Gasteiger partial charge in [-0.3, -0.25) is 9.00 Å². The molecule has 0 fully saturated rings. The standard InChI is InChI=1S/C11H14ClNO2S2/c1-2-17(15)6-5-13-11(14)9-7-8(16)3-4-10(9)12/h3-4,7,16H,2,5-6H2,1H3,(H,13,14). The van der Waals surface area contributed by atoms with E-state index in [2.05, 4.69) is 17.9 Å². The van der Waals surface area contributed by atoms with Crippen LogP contribution in [0.1, 0.15) is 17.3 Å². The quantitative estimate of drug-likeness (QED) is 0.817. The van der Waals surface area contributed by atoms with Gasteiger partial charge in [0, 0.05) is 33.7 Å². The minimum Gasteiger partial charge on any atom is -0.351 e. The Morgan fingerprint density at radius 2 is 2.24 bits per heavy atom. The Morgan fingerprint density at radius 3 is 2.88 bits per heavy atom. The van der Waals surface area contributed by atoms with Crippen LogP contribution in [-0.4, -0.2) is 28.2 Å². The molecule has 0 aromatic heterocycles. The summed E-state index contributed by atoms with van der Waals surface area (Å²) in [6.45, 7) is 2.23. The lowest BCUT2D eigenvalue weighted by Crippen LogP contribution is -2.28. The average Bonchev–Trinajstić information content (AvgIpc) is 2.31. The lowest BCUT2D eigenvalue weighted by Gasteiger charge is -2.06. The maximum absolute atomic E-state index is 11.8. The van der Waals surface area contributed by atoms with Crippen LogP contribution >= 0.6 is 24.2 Å². The number of benzene rings is 1. The summed E-state index contributed by atoms with van der Waals surface area (Å²) in [6, 6.07) is 4.95. The summed E-state index contributed by atoms with van der Waals surface area (Å²) in [5.41, 5.74) is 0.390. The number of carbonyl (C=O) groups is 1. The van der Waals surface area contributed by atoms with Crippen molar-refractivity contribution >= 4 is 40.9 Å². The Morgan fingerprint density at radius 1 is 1.53 bits per heavy atom. The number of amides is 1. The minimum atomic E-state index is -0.872. The first-order valence-electron chi connectivity index (χ1n) is 5.16. The van der Waals surface area contributed by atoms with E-state index in [1.165, 1.54) is 0 Å². The number of hydrogen-bond acceptors (Lipinski definition) is 3. The van der Waals surface area contributed by atoms with E-state index in [4.69, 9.17) is 11.6 Å².